The molecule has 10 heteroatoms. The van der Waals surface area contributed by atoms with Gasteiger partial charge in [-0.25, -0.2) is 4.79 Å². The van der Waals surface area contributed by atoms with E-state index in [4.69, 9.17) is 25.9 Å². The Morgan fingerprint density at radius 3 is 2.87 bits per heavy atom. The zero-order chi connectivity index (χ0) is 22.5. The van der Waals surface area contributed by atoms with Crippen molar-refractivity contribution in [1.29, 1.82) is 0 Å². The number of allylic oxidation sites excluding steroid dienone is 3. The summed E-state index contributed by atoms with van der Waals surface area (Å²) in [5, 5.41) is 26.6. The SMILES string of the molecule is CNC(=O)CON=C1C=CC=C[C@H]2O[C@@H]2C[C@@H](C)OC(=O)c2c(O)cc(O)c(Cl)c2C1. The molecule has 0 spiro atoms. The molecule has 2 heterocycles. The van der Waals surface area contributed by atoms with E-state index < -0.39 is 23.6 Å². The minimum atomic E-state index is -0.790. The van der Waals surface area contributed by atoms with Crippen LogP contribution in [0.5, 0.6) is 11.5 Å². The highest BCUT2D eigenvalue weighted by atomic mass is 35.5. The number of esters is 1. The van der Waals surface area contributed by atoms with Crippen LogP contribution in [0.25, 0.3) is 0 Å². The van der Waals surface area contributed by atoms with Crippen molar-refractivity contribution in [2.24, 2.45) is 5.16 Å². The molecule has 0 bridgehead atoms. The highest BCUT2D eigenvalue weighted by Gasteiger charge is 2.38. The second-order valence-corrected chi connectivity index (χ2v) is 7.50. The number of hydrogen-bond donors (Lipinski definition) is 3. The topological polar surface area (TPSA) is 130 Å². The lowest BCUT2D eigenvalue weighted by atomic mass is 9.99. The van der Waals surface area contributed by atoms with Crippen molar-refractivity contribution in [2.75, 3.05) is 13.7 Å². The third kappa shape index (κ3) is 5.77. The second kappa shape index (κ2) is 9.84. The number of rotatable bonds is 3. The van der Waals surface area contributed by atoms with Crippen LogP contribution in [0.3, 0.4) is 0 Å². The number of nitrogens with zero attached hydrogens (tertiary/aromatic N) is 1. The van der Waals surface area contributed by atoms with E-state index in [1.807, 2.05) is 6.08 Å². The Morgan fingerprint density at radius 2 is 2.13 bits per heavy atom. The van der Waals surface area contributed by atoms with Crippen molar-refractivity contribution in [1.82, 2.24) is 5.32 Å². The number of cyclic esters (lactones) is 1. The zero-order valence-electron chi connectivity index (χ0n) is 17.0. The number of oxime groups is 1. The number of aromatic hydroxyl groups is 2. The Morgan fingerprint density at radius 1 is 1.35 bits per heavy atom. The van der Waals surface area contributed by atoms with E-state index in [-0.39, 0.29) is 53.0 Å². The maximum Gasteiger partial charge on any atom is 0.342 e. The summed E-state index contributed by atoms with van der Waals surface area (Å²) in [7, 11) is 1.46. The van der Waals surface area contributed by atoms with Gasteiger partial charge >= 0.3 is 5.97 Å². The van der Waals surface area contributed by atoms with Gasteiger partial charge in [0.25, 0.3) is 5.91 Å². The van der Waals surface area contributed by atoms with Crippen LogP contribution in [0, 0.1) is 0 Å². The van der Waals surface area contributed by atoms with E-state index >= 15 is 0 Å². The summed E-state index contributed by atoms with van der Waals surface area (Å²) >= 11 is 6.25. The summed E-state index contributed by atoms with van der Waals surface area (Å²) in [6.07, 6.45) is 6.72. The van der Waals surface area contributed by atoms with E-state index in [2.05, 4.69) is 10.5 Å². The summed E-state index contributed by atoms with van der Waals surface area (Å²) < 4.78 is 11.0. The van der Waals surface area contributed by atoms with E-state index in [0.29, 0.717) is 6.42 Å². The Bertz CT molecular complexity index is 958. The van der Waals surface area contributed by atoms with Crippen LogP contribution < -0.4 is 5.32 Å². The lowest BCUT2D eigenvalue weighted by molar-refractivity contribution is -0.125. The molecule has 0 unspecified atom stereocenters. The maximum atomic E-state index is 12.8. The molecule has 3 rings (SSSR count). The molecule has 31 heavy (non-hydrogen) atoms. The Kier molecular flexibility index (Phi) is 7.19. The number of phenolic OH excluding ortho intramolecular Hbond substituents is 2. The monoisotopic (exact) mass is 450 g/mol. The molecule has 0 aliphatic carbocycles. The third-order valence-corrected chi connectivity index (χ3v) is 5.16. The summed E-state index contributed by atoms with van der Waals surface area (Å²) in [5.41, 5.74) is 0.223. The van der Waals surface area contributed by atoms with Crippen LogP contribution >= 0.6 is 11.6 Å². The predicted molar refractivity (Wildman–Crippen MR) is 112 cm³/mol. The zero-order valence-corrected chi connectivity index (χ0v) is 17.8. The molecule has 1 amide bonds. The normalized spacial score (nSPS) is 24.5. The molecule has 1 fully saturated rings. The fraction of sp³-hybridized carbons (Fsp3) is 0.381. The number of halogens is 1. The Labute approximate surface area is 183 Å². The van der Waals surface area contributed by atoms with Gasteiger partial charge in [-0.05, 0) is 18.6 Å². The molecule has 1 saturated heterocycles. The van der Waals surface area contributed by atoms with Crippen molar-refractivity contribution in [3.05, 3.63) is 46.5 Å². The van der Waals surface area contributed by atoms with Crippen LogP contribution in [0.15, 0.2) is 35.5 Å². The molecule has 2 aliphatic rings. The summed E-state index contributed by atoms with van der Waals surface area (Å²) in [5.74, 6) is -2.04. The number of ether oxygens (including phenoxy) is 2. The Balaban J connectivity index is 2.00. The third-order valence-electron chi connectivity index (χ3n) is 4.73. The van der Waals surface area contributed by atoms with Gasteiger partial charge in [0, 0.05) is 26.0 Å². The molecular formula is C21H23ClN2O7. The van der Waals surface area contributed by atoms with Gasteiger partial charge in [-0.3, -0.25) is 4.79 Å². The minimum Gasteiger partial charge on any atom is -0.507 e. The van der Waals surface area contributed by atoms with Crippen molar-refractivity contribution in [2.45, 2.75) is 38.1 Å². The van der Waals surface area contributed by atoms with Crippen LogP contribution in [0.4, 0.5) is 0 Å². The first kappa shape index (κ1) is 22.6. The quantitative estimate of drug-likeness (QED) is 0.365. The van der Waals surface area contributed by atoms with Crippen molar-refractivity contribution in [3.63, 3.8) is 0 Å². The smallest absolute Gasteiger partial charge is 0.342 e. The highest BCUT2D eigenvalue weighted by molar-refractivity contribution is 6.33. The molecule has 0 saturated carbocycles. The van der Waals surface area contributed by atoms with E-state index in [1.54, 1.807) is 25.2 Å². The number of benzene rings is 1. The fourth-order valence-corrected chi connectivity index (χ4v) is 3.31. The summed E-state index contributed by atoms with van der Waals surface area (Å²) in [4.78, 5) is 29.3. The first-order chi connectivity index (χ1) is 14.8. The largest absolute Gasteiger partial charge is 0.507 e. The van der Waals surface area contributed by atoms with Crippen molar-refractivity contribution in [3.8, 4) is 11.5 Å². The van der Waals surface area contributed by atoms with E-state index in [9.17, 15) is 19.8 Å². The number of nitrogens with one attached hydrogen (secondary N) is 1. The summed E-state index contributed by atoms with van der Waals surface area (Å²) in [6, 6.07) is 0.980. The van der Waals surface area contributed by atoms with Gasteiger partial charge in [-0.15, -0.1) is 0 Å². The number of carbonyl (C=O) groups is 2. The minimum absolute atomic E-state index is 0.0732. The number of hydrogen-bond acceptors (Lipinski definition) is 8. The molecule has 1 aromatic carbocycles. The van der Waals surface area contributed by atoms with Gasteiger partial charge in [0.15, 0.2) is 6.61 Å². The average Bonchev–Trinajstić information content (AvgIpc) is 3.45. The van der Waals surface area contributed by atoms with Crippen LogP contribution in [0.2, 0.25) is 5.02 Å². The lowest BCUT2D eigenvalue weighted by Gasteiger charge is -2.17. The number of likely N-dealkylation sites (N-methyl/N-ethyl adjacent to an activating group) is 1. The second-order valence-electron chi connectivity index (χ2n) is 7.12. The Hall–Kier alpha value is -3.04. The van der Waals surface area contributed by atoms with Crippen LogP contribution in [-0.4, -0.2) is 59.8 Å². The van der Waals surface area contributed by atoms with Gasteiger partial charge in [0.1, 0.15) is 29.3 Å². The molecule has 0 radical (unpaired) electrons. The van der Waals surface area contributed by atoms with Crippen molar-refractivity contribution >= 4 is 29.2 Å². The molecule has 3 N–H and O–H groups in total. The standard InChI is InChI=1S/C21H23ClN2O7/c1-11-7-17-16(31-17)6-4-3-5-12(24-29-10-18(27)23-2)8-13-19(21(28)30-11)14(25)9-15(26)20(13)22/h3-6,9,11,16-17,25-26H,7-8,10H2,1-2H3,(H,23,27)/t11-,16-,17-/m1/s1. The highest BCUT2D eigenvalue weighted by Crippen LogP contribution is 2.38. The van der Waals surface area contributed by atoms with Gasteiger partial charge < -0.3 is 29.8 Å². The van der Waals surface area contributed by atoms with Crippen LogP contribution in [0.1, 0.15) is 29.3 Å². The first-order valence-corrected chi connectivity index (χ1v) is 10.0. The van der Waals surface area contributed by atoms with Gasteiger partial charge in [0.05, 0.1) is 16.8 Å². The van der Waals surface area contributed by atoms with E-state index in [0.717, 1.165) is 6.07 Å². The fourth-order valence-electron chi connectivity index (χ4n) is 3.10. The average molecular weight is 451 g/mol. The number of amides is 1. The van der Waals surface area contributed by atoms with Gasteiger partial charge in [0.2, 0.25) is 0 Å². The number of epoxide rings is 1. The van der Waals surface area contributed by atoms with Gasteiger partial charge in [-0.1, -0.05) is 35.0 Å². The van der Waals surface area contributed by atoms with Crippen LogP contribution in [-0.2, 0) is 25.5 Å². The van der Waals surface area contributed by atoms with E-state index in [1.165, 1.54) is 7.05 Å². The molecule has 166 valence electrons. The first-order valence-electron chi connectivity index (χ1n) is 9.64. The molecular weight excluding hydrogens is 428 g/mol. The predicted octanol–water partition coefficient (Wildman–Crippen LogP) is 2.24. The molecule has 3 atom stereocenters. The lowest BCUT2D eigenvalue weighted by Crippen LogP contribution is -2.22. The number of carbonyl (C=O) groups excluding carboxylic acids is 2. The maximum absolute atomic E-state index is 12.8. The number of phenols is 2. The van der Waals surface area contributed by atoms with Crippen molar-refractivity contribution < 1.29 is 34.1 Å². The molecule has 0 aromatic heterocycles. The number of fused-ring (bicyclic) bond motifs is 2. The molecule has 2 aliphatic heterocycles. The summed E-state index contributed by atoms with van der Waals surface area (Å²) in [6.45, 7) is 1.41. The molecule has 9 nitrogen and oxygen atoms in total. The molecule has 1 aromatic rings. The van der Waals surface area contributed by atoms with Gasteiger partial charge in [-0.2, -0.15) is 0 Å².